The maximum Gasteiger partial charge on any atom is 0.324 e. The molecule has 0 bridgehead atoms. The third-order valence-electron chi connectivity index (χ3n) is 5.66. The van der Waals surface area contributed by atoms with Crippen molar-refractivity contribution in [3.63, 3.8) is 0 Å². The van der Waals surface area contributed by atoms with Gasteiger partial charge in [-0.2, -0.15) is 0 Å². The van der Waals surface area contributed by atoms with E-state index in [4.69, 9.17) is 9.73 Å². The molecule has 2 heterocycles. The van der Waals surface area contributed by atoms with Gasteiger partial charge in [0.15, 0.2) is 5.96 Å². The summed E-state index contributed by atoms with van der Waals surface area (Å²) in [6.07, 6.45) is 3.70. The molecule has 0 saturated carbocycles. The quantitative estimate of drug-likeness (QED) is 0.311. The molecule has 0 aromatic heterocycles. The van der Waals surface area contributed by atoms with Gasteiger partial charge in [-0.15, -0.1) is 0 Å². The molecule has 0 aliphatic carbocycles. The van der Waals surface area contributed by atoms with Gasteiger partial charge in [-0.3, -0.25) is 19.6 Å². The second-order valence-corrected chi connectivity index (χ2v) is 7.74. The van der Waals surface area contributed by atoms with Crippen LogP contribution in [0.4, 0.5) is 4.79 Å². The number of urea groups is 1. The lowest BCUT2D eigenvalue weighted by molar-refractivity contribution is -0.124. The molecule has 0 radical (unpaired) electrons. The van der Waals surface area contributed by atoms with Crippen LogP contribution in [0.25, 0.3) is 0 Å². The molecule has 2 aliphatic rings. The van der Waals surface area contributed by atoms with Crippen molar-refractivity contribution in [2.75, 3.05) is 52.9 Å². The molecule has 2 aliphatic heterocycles. The van der Waals surface area contributed by atoms with E-state index >= 15 is 0 Å². The SMILES string of the molecule is CCNC(=NCC(c1ccc(OC)cc1)N1CCCCC1)NCCN1C(=O)CNC1=O. The lowest BCUT2D eigenvalue weighted by Gasteiger charge is -2.34. The Balaban J connectivity index is 1.65. The molecule has 170 valence electrons. The lowest BCUT2D eigenvalue weighted by Crippen LogP contribution is -2.43. The van der Waals surface area contributed by atoms with Crippen LogP contribution in [0.2, 0.25) is 0 Å². The predicted octanol–water partition coefficient (Wildman–Crippen LogP) is 1.33. The molecular formula is C22H34N6O3. The molecule has 9 nitrogen and oxygen atoms in total. The molecular weight excluding hydrogens is 396 g/mol. The van der Waals surface area contributed by atoms with Crippen molar-refractivity contribution in [2.24, 2.45) is 4.99 Å². The first kappa shape index (κ1) is 22.9. The molecule has 2 fully saturated rings. The van der Waals surface area contributed by atoms with Gasteiger partial charge in [0.1, 0.15) is 5.75 Å². The molecule has 3 N–H and O–H groups in total. The van der Waals surface area contributed by atoms with Crippen LogP contribution in [0.1, 0.15) is 37.8 Å². The van der Waals surface area contributed by atoms with Crippen LogP contribution < -0.4 is 20.7 Å². The number of piperidine rings is 1. The van der Waals surface area contributed by atoms with Crippen LogP contribution in [0.3, 0.4) is 0 Å². The number of hydrogen-bond donors (Lipinski definition) is 3. The predicted molar refractivity (Wildman–Crippen MR) is 120 cm³/mol. The van der Waals surface area contributed by atoms with E-state index in [-0.39, 0.29) is 24.5 Å². The largest absolute Gasteiger partial charge is 0.497 e. The van der Waals surface area contributed by atoms with E-state index in [1.165, 1.54) is 29.7 Å². The first-order valence-electron chi connectivity index (χ1n) is 11.1. The Morgan fingerprint density at radius 3 is 2.52 bits per heavy atom. The summed E-state index contributed by atoms with van der Waals surface area (Å²) in [6, 6.07) is 8.08. The smallest absolute Gasteiger partial charge is 0.324 e. The molecule has 31 heavy (non-hydrogen) atoms. The number of ether oxygens (including phenoxy) is 1. The topological polar surface area (TPSA) is 98.3 Å². The van der Waals surface area contributed by atoms with Gasteiger partial charge in [0, 0.05) is 19.6 Å². The van der Waals surface area contributed by atoms with Crippen molar-refractivity contribution in [3.8, 4) is 5.75 Å². The summed E-state index contributed by atoms with van der Waals surface area (Å²) in [5.41, 5.74) is 1.22. The number of aliphatic imine (C=N–C) groups is 1. The molecule has 9 heteroatoms. The van der Waals surface area contributed by atoms with E-state index in [9.17, 15) is 9.59 Å². The first-order valence-corrected chi connectivity index (χ1v) is 11.1. The number of carbonyl (C=O) groups excluding carboxylic acids is 2. The minimum atomic E-state index is -0.335. The third-order valence-corrected chi connectivity index (χ3v) is 5.66. The Morgan fingerprint density at radius 2 is 1.90 bits per heavy atom. The standard InChI is InChI=1S/C22H34N6O3/c1-3-23-21(24-11-14-28-20(29)16-26-22(28)30)25-15-19(27-12-5-4-6-13-27)17-7-9-18(31-2)10-8-17/h7-10,19H,3-6,11-16H2,1-2H3,(H,26,30)(H2,23,24,25). The Bertz CT molecular complexity index is 745. The highest BCUT2D eigenvalue weighted by atomic mass is 16.5. The van der Waals surface area contributed by atoms with Gasteiger partial charge in [0.05, 0.1) is 26.2 Å². The van der Waals surface area contributed by atoms with Crippen molar-refractivity contribution in [2.45, 2.75) is 32.2 Å². The van der Waals surface area contributed by atoms with Crippen LogP contribution in [-0.4, -0.2) is 80.6 Å². The maximum absolute atomic E-state index is 11.7. The average molecular weight is 431 g/mol. The number of amides is 3. The third kappa shape index (κ3) is 6.33. The Hall–Kier alpha value is -2.81. The Labute approximate surface area is 184 Å². The van der Waals surface area contributed by atoms with Crippen LogP contribution >= 0.6 is 0 Å². The van der Waals surface area contributed by atoms with Gasteiger partial charge < -0.3 is 20.7 Å². The van der Waals surface area contributed by atoms with E-state index < -0.39 is 0 Å². The van der Waals surface area contributed by atoms with Gasteiger partial charge in [-0.1, -0.05) is 18.6 Å². The zero-order valence-electron chi connectivity index (χ0n) is 18.5. The Kier molecular flexibility index (Phi) is 8.52. The molecule has 3 rings (SSSR count). The van der Waals surface area contributed by atoms with Gasteiger partial charge in [0.2, 0.25) is 5.91 Å². The number of likely N-dealkylation sites (tertiary alicyclic amines) is 1. The van der Waals surface area contributed by atoms with Crippen LogP contribution in [0.5, 0.6) is 5.75 Å². The second kappa shape index (κ2) is 11.5. The van der Waals surface area contributed by atoms with E-state index in [1.54, 1.807) is 7.11 Å². The van der Waals surface area contributed by atoms with E-state index in [2.05, 4.69) is 33.0 Å². The molecule has 1 atom stereocenters. The molecule has 1 aromatic carbocycles. The summed E-state index contributed by atoms with van der Waals surface area (Å²) in [5, 5.41) is 9.03. The number of hydrogen-bond acceptors (Lipinski definition) is 5. The summed E-state index contributed by atoms with van der Waals surface area (Å²) in [5.74, 6) is 1.34. The second-order valence-electron chi connectivity index (χ2n) is 7.74. The van der Waals surface area contributed by atoms with Crippen LogP contribution in [0, 0.1) is 0 Å². The summed E-state index contributed by atoms with van der Waals surface area (Å²) < 4.78 is 5.31. The van der Waals surface area contributed by atoms with E-state index in [0.717, 1.165) is 25.4 Å². The lowest BCUT2D eigenvalue weighted by atomic mass is 10.0. The number of methoxy groups -OCH3 is 1. The van der Waals surface area contributed by atoms with Crippen LogP contribution in [-0.2, 0) is 4.79 Å². The monoisotopic (exact) mass is 430 g/mol. The summed E-state index contributed by atoms with van der Waals surface area (Å²) in [4.78, 5) is 32.0. The fourth-order valence-corrected chi connectivity index (χ4v) is 3.98. The number of nitrogens with one attached hydrogen (secondary N) is 3. The van der Waals surface area contributed by atoms with Crippen molar-refractivity contribution in [1.82, 2.24) is 25.8 Å². The highest BCUT2D eigenvalue weighted by Gasteiger charge is 2.27. The minimum Gasteiger partial charge on any atom is -0.497 e. The number of benzene rings is 1. The van der Waals surface area contributed by atoms with Gasteiger partial charge in [-0.25, -0.2) is 4.79 Å². The number of guanidine groups is 1. The average Bonchev–Trinajstić information content (AvgIpc) is 3.12. The van der Waals surface area contributed by atoms with Crippen molar-refractivity contribution in [3.05, 3.63) is 29.8 Å². The molecule has 1 aromatic rings. The Morgan fingerprint density at radius 1 is 1.16 bits per heavy atom. The molecule has 0 spiro atoms. The zero-order chi connectivity index (χ0) is 22.1. The normalized spacial score (nSPS) is 18.6. The van der Waals surface area contributed by atoms with E-state index in [1.807, 2.05) is 19.1 Å². The summed E-state index contributed by atoms with van der Waals surface area (Å²) in [7, 11) is 1.68. The maximum atomic E-state index is 11.7. The number of carbonyl (C=O) groups is 2. The van der Waals surface area contributed by atoms with Gasteiger partial charge in [0.25, 0.3) is 0 Å². The number of rotatable bonds is 9. The summed E-state index contributed by atoms with van der Waals surface area (Å²) >= 11 is 0. The minimum absolute atomic E-state index is 0.0758. The van der Waals surface area contributed by atoms with Crippen LogP contribution in [0.15, 0.2) is 29.3 Å². The van der Waals surface area contributed by atoms with Gasteiger partial charge >= 0.3 is 6.03 Å². The number of nitrogens with zero attached hydrogens (tertiary/aromatic N) is 3. The molecule has 3 amide bonds. The fourth-order valence-electron chi connectivity index (χ4n) is 3.98. The molecule has 1 unspecified atom stereocenters. The molecule has 2 saturated heterocycles. The zero-order valence-corrected chi connectivity index (χ0v) is 18.5. The summed E-state index contributed by atoms with van der Waals surface area (Å²) in [6.45, 7) is 6.33. The highest BCUT2D eigenvalue weighted by molar-refractivity contribution is 6.01. The van der Waals surface area contributed by atoms with Gasteiger partial charge in [-0.05, 0) is 50.6 Å². The first-order chi connectivity index (χ1) is 15.1. The number of imide groups is 1. The van der Waals surface area contributed by atoms with E-state index in [0.29, 0.717) is 25.6 Å². The van der Waals surface area contributed by atoms with Crippen molar-refractivity contribution < 1.29 is 14.3 Å². The fraction of sp³-hybridized carbons (Fsp3) is 0.591. The van der Waals surface area contributed by atoms with Crippen molar-refractivity contribution in [1.29, 1.82) is 0 Å². The van der Waals surface area contributed by atoms with Crippen molar-refractivity contribution >= 4 is 17.9 Å². The highest BCUT2D eigenvalue weighted by Crippen LogP contribution is 2.26.